The van der Waals surface area contributed by atoms with Crippen LogP contribution < -0.4 is 21.2 Å². The Morgan fingerprint density at radius 3 is 0.331 bits per heavy atom. The van der Waals surface area contributed by atoms with E-state index in [0.717, 1.165) is 21.2 Å². The largest absolute Gasteiger partial charge is 0.312 e. The summed E-state index contributed by atoms with van der Waals surface area (Å²) in [4.78, 5) is 0. The van der Waals surface area contributed by atoms with Crippen LogP contribution in [0.5, 0.6) is 0 Å². The van der Waals surface area contributed by atoms with Crippen LogP contribution in [0.2, 0.25) is 0 Å². The molecular formula is C144H20O2P2. The Kier molecular flexibility index (Phi) is 5.17. The van der Waals surface area contributed by atoms with Crippen molar-refractivity contribution in [2.45, 2.75) is 21.1 Å². The monoisotopic (exact) mass is 1840 g/mol. The molecule has 4 unspecified atom stereocenters. The molecule has 0 N–H and O–H groups in total. The summed E-state index contributed by atoms with van der Waals surface area (Å²) in [6.45, 7) is 0. The van der Waals surface area contributed by atoms with Crippen molar-refractivity contribution in [2.24, 2.45) is 0 Å². The first kappa shape index (κ1) is 57.1. The molecule has 0 heterocycles. The summed E-state index contributed by atoms with van der Waals surface area (Å²) < 4.78 is 44.7. The maximum atomic E-state index is 22.4. The summed E-state index contributed by atoms with van der Waals surface area (Å²) in [6, 6.07) is 46.8. The third kappa shape index (κ3) is 3.17. The third-order valence-corrected chi connectivity index (χ3v) is 59.7. The lowest BCUT2D eigenvalue weighted by Crippen LogP contribution is -2.59. The number of hydrogen-bond donors (Lipinski definition) is 0. The van der Waals surface area contributed by atoms with Gasteiger partial charge in [0.15, 0.2) is 14.3 Å². The molecule has 68 rings (SSSR count). The van der Waals surface area contributed by atoms with Gasteiger partial charge in [0.2, 0.25) is 0 Å². The Morgan fingerprint density at radius 2 is 0.182 bits per heavy atom. The molecule has 148 heavy (non-hydrogen) atoms. The van der Waals surface area contributed by atoms with E-state index in [9.17, 15) is 0 Å². The molecule has 2 nitrogen and oxygen atoms in total. The first-order valence-electron chi connectivity index (χ1n) is 54.6. The average Bonchev–Trinajstić information content (AvgIpc) is 1.37. The van der Waals surface area contributed by atoms with Crippen molar-refractivity contribution in [2.75, 3.05) is 0 Å². The van der Waals surface area contributed by atoms with Gasteiger partial charge in [0.05, 0.1) is 10.8 Å². The Bertz CT molecular complexity index is 16600. The second-order valence-corrected chi connectivity index (χ2v) is 58.8. The highest BCUT2D eigenvalue weighted by Gasteiger charge is 2.83. The van der Waals surface area contributed by atoms with Gasteiger partial charge in [-0.15, -0.1) is 0 Å². The van der Waals surface area contributed by atoms with Gasteiger partial charge in [0.1, 0.15) is 10.3 Å². The van der Waals surface area contributed by atoms with Crippen molar-refractivity contribution in [3.8, 4) is 0 Å². The van der Waals surface area contributed by atoms with E-state index in [-0.39, 0.29) is 0 Å². The topological polar surface area (TPSA) is 34.1 Å². The van der Waals surface area contributed by atoms with Crippen LogP contribution in [-0.4, -0.2) is 0 Å². The van der Waals surface area contributed by atoms with Crippen LogP contribution in [0.1, 0.15) is 66.8 Å². The highest BCUT2D eigenvalue weighted by Crippen LogP contribution is 2.97. The van der Waals surface area contributed by atoms with Gasteiger partial charge < -0.3 is 9.13 Å². The van der Waals surface area contributed by atoms with Crippen molar-refractivity contribution in [3.05, 3.63) is 188 Å². The smallest absolute Gasteiger partial charge is 0.161 e. The molecule has 618 valence electrons. The standard InChI is InChI=1S/C144H20O2P2/c145-147(21-13-5-1-6-14-21,22-15-7-2-8-16-22)143-131-115-97-83-57-43-31-29-33-25-27-35(31)53(57)65-61-39(27)45-37(25)59-63-51(33)55-41(29)47-49(43)71-85-69(47)87-81(55)95-91(63)99-73(59)77-67(45)79-75(61)101(93(65)97)123(131)127-105(79)103(77)125-121(99)129-113(95)107(87)117-111(85)119(109(115)89(71)83)137(143)133(117)141(129,135(125)139(127)143)142-130-114-96-82-56-42-30-32-36-28-26-34(30)52(56)64-60-38(26)46-40(28)62-66-54(36)58-44(32)50-48(42)70-86-72(50)90-84(58)98-94(66)102-76(62)80-68(46)78-74(60)100(92(64)96)122(130)126-104(78)106(80)128-124(102)132-116(98)110(90)120-112(86)118(108(114)88(70)82)134(142)138(120)144(132,140(128)136(126)142)148(146,23-17-9-3-10-18-23)24-19-11-4-12-20-24/h1-20H. The maximum absolute atomic E-state index is 22.4. The zero-order chi connectivity index (χ0) is 88.4. The van der Waals surface area contributed by atoms with Crippen LogP contribution in [0.15, 0.2) is 121 Å². The zero-order valence-corrected chi connectivity index (χ0v) is 77.0. The van der Waals surface area contributed by atoms with E-state index in [1.807, 2.05) is 0 Å². The lowest BCUT2D eigenvalue weighted by atomic mass is 9.41. The molecule has 10 aliphatic rings. The number of hydrogen-bond acceptors (Lipinski definition) is 2. The lowest BCUT2D eigenvalue weighted by molar-refractivity contribution is 0.418. The van der Waals surface area contributed by atoms with Crippen molar-refractivity contribution in [1.82, 2.24) is 0 Å². The SMILES string of the molecule is O=P(c1ccccc1)(c1ccccc1)C12c3c4c5c6c7c8c9c%10c(c1c1c%11c2c2c%12c3c5c3c5c6c6c7c7c9c9c%13c%10c1c1c%10c%11c%11c2c2c%12c3c3c5c5c6c6c7c9c7c(c%131)c1c%10c%11c9c2c3c2c9c1c7c6c52)C48C12c3c4c5c6c7c8c9c%10c(c1c1c%11c2c2c%12c3c5c3c5c%12c%12c2c2c%11c%11c%13c1c%10c1c%10c9c9c7c7c6c3c3c5c5c%12c6c2c%11c2c(c%131)c1c%10c9c9c7c3c3c9c1c2c6c53)C48P(=O)(c1ccccc1)c1ccccc1. The molecule has 0 aromatic heterocycles. The summed E-state index contributed by atoms with van der Waals surface area (Å²) in [7, 11) is -8.77. The predicted molar refractivity (Wildman–Crippen MR) is 624 cm³/mol. The van der Waals surface area contributed by atoms with E-state index in [0.29, 0.717) is 0 Å². The molecule has 0 aliphatic heterocycles. The fourth-order valence-electron chi connectivity index (χ4n) is 52.1. The second kappa shape index (κ2) is 13.4. The van der Waals surface area contributed by atoms with Gasteiger partial charge in [-0.2, -0.15) is 0 Å². The summed E-state index contributed by atoms with van der Waals surface area (Å²) in [5.74, 6) is 0. The Hall–Kier alpha value is -17.7. The van der Waals surface area contributed by atoms with Gasteiger partial charge in [-0.05, 0) is 627 Å². The average molecular weight is 1840 g/mol. The van der Waals surface area contributed by atoms with Gasteiger partial charge in [0.25, 0.3) is 0 Å². The van der Waals surface area contributed by atoms with E-state index >= 15 is 9.13 Å². The fourth-order valence-corrected chi connectivity index (χ4v) is 59.9. The van der Waals surface area contributed by atoms with E-state index in [4.69, 9.17) is 0 Å². The Morgan fingerprint density at radius 1 is 0.0946 bits per heavy atom. The van der Waals surface area contributed by atoms with E-state index in [1.54, 1.807) is 367 Å². The van der Waals surface area contributed by atoms with Gasteiger partial charge in [-0.3, -0.25) is 0 Å². The fraction of sp³-hybridized carbons (Fsp3) is 0.0278. The first-order valence-corrected chi connectivity index (χ1v) is 58.0. The van der Waals surface area contributed by atoms with E-state index in [2.05, 4.69) is 121 Å². The zero-order valence-electron chi connectivity index (χ0n) is 75.3. The number of benzene rings is 38. The second-order valence-electron chi connectivity index (χ2n) is 53.0. The summed E-state index contributed by atoms with van der Waals surface area (Å²) in [5.41, 5.74) is 15.5. The molecule has 58 aromatic rings. The minimum Gasteiger partial charge on any atom is -0.312 e. The maximum Gasteiger partial charge on any atom is 0.161 e. The van der Waals surface area contributed by atoms with Gasteiger partial charge in [0, 0.05) is 21.2 Å². The highest BCUT2D eigenvalue weighted by molar-refractivity contribution is 7.81. The molecule has 4 heteroatoms. The van der Waals surface area contributed by atoms with Crippen LogP contribution in [0.4, 0.5) is 0 Å². The van der Waals surface area contributed by atoms with Gasteiger partial charge >= 0.3 is 0 Å². The molecule has 0 spiro atoms. The van der Waals surface area contributed by atoms with Crippen molar-refractivity contribution in [1.29, 1.82) is 0 Å². The van der Waals surface area contributed by atoms with Crippen molar-refractivity contribution in [3.63, 3.8) is 0 Å². The molecule has 10 aliphatic carbocycles. The molecule has 58 aromatic carbocycles. The minimum atomic E-state index is -4.39. The van der Waals surface area contributed by atoms with Crippen LogP contribution in [0.3, 0.4) is 0 Å². The van der Waals surface area contributed by atoms with Gasteiger partial charge in [-0.1, -0.05) is 121 Å². The summed E-state index contributed by atoms with van der Waals surface area (Å²) >= 11 is 0. The van der Waals surface area contributed by atoms with Crippen LogP contribution in [0.25, 0.3) is 560 Å². The molecule has 0 bridgehead atoms. The Balaban J connectivity index is 0.751. The van der Waals surface area contributed by atoms with E-state index in [1.165, 1.54) is 260 Å². The van der Waals surface area contributed by atoms with Crippen molar-refractivity contribution < 1.29 is 9.13 Å². The molecule has 0 saturated heterocycles. The van der Waals surface area contributed by atoms with Crippen LogP contribution >= 0.6 is 14.3 Å². The predicted octanol–water partition coefficient (Wildman–Crippen LogP) is 36.9. The molecule has 0 amide bonds. The summed E-state index contributed by atoms with van der Waals surface area (Å²) in [6.07, 6.45) is 0. The van der Waals surface area contributed by atoms with Crippen LogP contribution in [0, 0.1) is 0 Å². The molecule has 0 fully saturated rings. The minimum absolute atomic E-state index is 0.973. The quantitative estimate of drug-likeness (QED) is 0.118. The normalized spacial score (nSPS) is 21.5. The Labute approximate surface area is 807 Å². The molecular weight excluding hydrogens is 1820 g/mol. The first-order chi connectivity index (χ1) is 73.6. The summed E-state index contributed by atoms with van der Waals surface area (Å²) in [5, 5.41) is 162. The van der Waals surface area contributed by atoms with Crippen LogP contribution in [-0.2, 0) is 30.3 Å². The molecule has 0 saturated carbocycles. The lowest BCUT2D eigenvalue weighted by Gasteiger charge is -2.61. The number of rotatable bonds is 7. The van der Waals surface area contributed by atoms with Gasteiger partial charge in [-0.25, -0.2) is 0 Å². The highest BCUT2D eigenvalue weighted by atomic mass is 31.2. The van der Waals surface area contributed by atoms with E-state index < -0.39 is 35.4 Å². The molecule has 0 radical (unpaired) electrons. The molecule has 4 atom stereocenters. The van der Waals surface area contributed by atoms with Crippen molar-refractivity contribution >= 4 is 596 Å². The third-order valence-electron chi connectivity index (χ3n) is 52.4.